The Bertz CT molecular complexity index is 1140. The lowest BCUT2D eigenvalue weighted by molar-refractivity contribution is -0.124. The zero-order valence-corrected chi connectivity index (χ0v) is 19.2. The molecule has 0 aromatic heterocycles. The Kier molecular flexibility index (Phi) is 9.61. The van der Waals surface area contributed by atoms with Crippen LogP contribution in [0.15, 0.2) is 78.9 Å². The minimum Gasteiger partial charge on any atom is -0.491 e. The molecular weight excluding hydrogens is 452 g/mol. The van der Waals surface area contributed by atoms with E-state index in [1.165, 1.54) is 11.6 Å². The molecule has 3 aromatic carbocycles. The van der Waals surface area contributed by atoms with Crippen molar-refractivity contribution in [3.63, 3.8) is 0 Å². The van der Waals surface area contributed by atoms with E-state index in [2.05, 4.69) is 5.32 Å². The number of amides is 2. The number of aliphatic hydroxyl groups is 1. The normalized spacial score (nSPS) is 12.8. The first-order valence-corrected chi connectivity index (χ1v) is 11.1. The molecule has 0 fully saturated rings. The van der Waals surface area contributed by atoms with Crippen LogP contribution in [0, 0.1) is 0 Å². The Hall–Kier alpha value is -3.92. The summed E-state index contributed by atoms with van der Waals surface area (Å²) in [7, 11) is 0. The van der Waals surface area contributed by atoms with E-state index in [1.807, 2.05) is 36.4 Å². The predicted octanol–water partition coefficient (Wildman–Crippen LogP) is 3.97. The van der Waals surface area contributed by atoms with E-state index >= 15 is 0 Å². The van der Waals surface area contributed by atoms with E-state index in [4.69, 9.17) is 24.5 Å². The molecule has 2 atom stereocenters. The van der Waals surface area contributed by atoms with E-state index in [1.54, 1.807) is 37.3 Å². The number of hydrogen-bond acceptors (Lipinski definition) is 7. The molecule has 0 bridgehead atoms. The monoisotopic (exact) mass is 480 g/mol. The van der Waals surface area contributed by atoms with Gasteiger partial charge >= 0.3 is 6.09 Å². The summed E-state index contributed by atoms with van der Waals surface area (Å²) in [6, 6.07) is 19.9. The molecule has 0 aliphatic carbocycles. The molecule has 9 heteroatoms. The summed E-state index contributed by atoms with van der Waals surface area (Å²) < 4.78 is 16.9. The number of fused-ring (bicyclic) bond motifs is 1. The van der Waals surface area contributed by atoms with Crippen LogP contribution in [-0.4, -0.2) is 48.2 Å². The largest absolute Gasteiger partial charge is 0.491 e. The Labute approximate surface area is 202 Å². The fourth-order valence-corrected chi connectivity index (χ4v) is 3.49. The summed E-state index contributed by atoms with van der Waals surface area (Å²) in [4.78, 5) is 24.5. The second-order valence-corrected chi connectivity index (χ2v) is 7.37. The highest BCUT2D eigenvalue weighted by Crippen LogP contribution is 2.29. The van der Waals surface area contributed by atoms with Gasteiger partial charge in [0.1, 0.15) is 18.5 Å². The molecule has 2 amide bonds. The number of benzene rings is 3. The van der Waals surface area contributed by atoms with Crippen molar-refractivity contribution >= 4 is 28.5 Å². The van der Waals surface area contributed by atoms with Crippen LogP contribution in [0.4, 0.5) is 10.5 Å². The van der Waals surface area contributed by atoms with E-state index in [9.17, 15) is 9.59 Å². The maximum Gasteiger partial charge on any atom is 0.412 e. The van der Waals surface area contributed by atoms with Gasteiger partial charge in [0.15, 0.2) is 6.10 Å². The molecule has 0 heterocycles. The zero-order valence-electron chi connectivity index (χ0n) is 19.2. The molecule has 3 rings (SSSR count). The topological polar surface area (TPSA) is 126 Å². The third-order valence-electron chi connectivity index (χ3n) is 5.03. The lowest BCUT2D eigenvalue weighted by atomic mass is 10.0. The highest BCUT2D eigenvalue weighted by atomic mass is 16.6. The maximum absolute atomic E-state index is 13.0. The predicted molar refractivity (Wildman–Crippen MR) is 130 cm³/mol. The fraction of sp³-hybridized carbons (Fsp3) is 0.231. The van der Waals surface area contributed by atoms with Crippen molar-refractivity contribution in [3.05, 3.63) is 84.4 Å². The minimum atomic E-state index is -0.931. The zero-order chi connectivity index (χ0) is 25.0. The van der Waals surface area contributed by atoms with Crippen molar-refractivity contribution in [3.8, 4) is 5.75 Å². The van der Waals surface area contributed by atoms with Crippen LogP contribution in [0.2, 0.25) is 0 Å². The first-order valence-electron chi connectivity index (χ1n) is 11.1. The van der Waals surface area contributed by atoms with Gasteiger partial charge in [0.05, 0.1) is 12.3 Å². The van der Waals surface area contributed by atoms with Gasteiger partial charge in [-0.1, -0.05) is 48.5 Å². The molecule has 0 unspecified atom stereocenters. The summed E-state index contributed by atoms with van der Waals surface area (Å²) in [5, 5.41) is 22.4. The third kappa shape index (κ3) is 7.28. The summed E-state index contributed by atoms with van der Waals surface area (Å²) in [6.07, 6.45) is 0.0232. The first-order chi connectivity index (χ1) is 17.0. The summed E-state index contributed by atoms with van der Waals surface area (Å²) in [6.45, 7) is 2.07. The number of carbonyl (C=O) groups is 2. The van der Waals surface area contributed by atoms with Crippen molar-refractivity contribution in [1.29, 1.82) is 0 Å². The van der Waals surface area contributed by atoms with Gasteiger partial charge in [0.2, 0.25) is 0 Å². The number of ether oxygens (including phenoxy) is 3. The average Bonchev–Trinajstić information content (AvgIpc) is 2.89. The summed E-state index contributed by atoms with van der Waals surface area (Å²) in [5.74, 6) is -0.216. The maximum atomic E-state index is 13.0. The van der Waals surface area contributed by atoms with Gasteiger partial charge < -0.3 is 19.3 Å². The quantitative estimate of drug-likeness (QED) is 0.186. The van der Waals surface area contributed by atoms with Gasteiger partial charge in [0, 0.05) is 18.1 Å². The third-order valence-corrected chi connectivity index (χ3v) is 5.03. The van der Waals surface area contributed by atoms with Crippen LogP contribution in [0.1, 0.15) is 18.6 Å². The first kappa shape index (κ1) is 25.7. The molecule has 3 aromatic rings. The molecule has 184 valence electrons. The molecule has 9 nitrogen and oxygen atoms in total. The molecule has 35 heavy (non-hydrogen) atoms. The van der Waals surface area contributed by atoms with Crippen LogP contribution in [0.3, 0.4) is 0 Å². The van der Waals surface area contributed by atoms with E-state index in [-0.39, 0.29) is 19.8 Å². The lowest BCUT2D eigenvalue weighted by Crippen LogP contribution is -2.28. The van der Waals surface area contributed by atoms with Gasteiger partial charge in [-0.3, -0.25) is 15.3 Å². The van der Waals surface area contributed by atoms with Gasteiger partial charge in [-0.2, -0.15) is 0 Å². The van der Waals surface area contributed by atoms with Crippen LogP contribution in [0.25, 0.3) is 10.8 Å². The van der Waals surface area contributed by atoms with Crippen LogP contribution in [0.5, 0.6) is 5.75 Å². The average molecular weight is 481 g/mol. The number of carbonyl (C=O) groups excluding carboxylic acids is 2. The lowest BCUT2D eigenvalue weighted by Gasteiger charge is -2.25. The highest BCUT2D eigenvalue weighted by Gasteiger charge is 2.27. The standard InChI is InChI=1S/C26H28N2O7/c1-2-33-23(14-15-24(30)28-32)25(19-10-12-20(13-11-19)34-17-16-29)35-26(31)27-22-9-5-7-18-6-3-4-8-21(18)22/h3-15,23,25,29,32H,2,16-17H2,1H3,(H,27,31)(H,28,30)/b15-14+/t23-,25-/m1/s1. The number of hydroxylamine groups is 1. The van der Waals surface area contributed by atoms with Crippen molar-refractivity contribution in [2.75, 3.05) is 25.1 Å². The van der Waals surface area contributed by atoms with Gasteiger partial charge in [-0.15, -0.1) is 0 Å². The minimum absolute atomic E-state index is 0.119. The van der Waals surface area contributed by atoms with Crippen molar-refractivity contribution in [2.45, 2.75) is 19.1 Å². The molecule has 0 radical (unpaired) electrons. The van der Waals surface area contributed by atoms with Crippen LogP contribution in [-0.2, 0) is 14.3 Å². The molecule has 0 saturated carbocycles. The van der Waals surface area contributed by atoms with E-state index < -0.39 is 24.2 Å². The smallest absolute Gasteiger partial charge is 0.412 e. The molecule has 0 spiro atoms. The Morgan fingerprint density at radius 1 is 1.03 bits per heavy atom. The number of anilines is 1. The van der Waals surface area contributed by atoms with Crippen molar-refractivity contribution in [1.82, 2.24) is 5.48 Å². The number of aliphatic hydroxyl groups excluding tert-OH is 1. The van der Waals surface area contributed by atoms with Crippen molar-refractivity contribution in [2.24, 2.45) is 0 Å². The SMILES string of the molecule is CCO[C@H](/C=C/C(=O)NO)[C@H](OC(=O)Nc1cccc2ccccc12)c1ccc(OCCO)cc1. The van der Waals surface area contributed by atoms with Crippen LogP contribution < -0.4 is 15.5 Å². The second kappa shape index (κ2) is 13.1. The summed E-state index contributed by atoms with van der Waals surface area (Å²) in [5.41, 5.74) is 2.69. The summed E-state index contributed by atoms with van der Waals surface area (Å²) >= 11 is 0. The molecule has 4 N–H and O–H groups in total. The molecule has 0 aliphatic heterocycles. The number of hydrogen-bond donors (Lipinski definition) is 4. The second-order valence-electron chi connectivity index (χ2n) is 7.37. The van der Waals surface area contributed by atoms with Gasteiger partial charge in [-0.05, 0) is 42.1 Å². The van der Waals surface area contributed by atoms with Gasteiger partial charge in [0.25, 0.3) is 5.91 Å². The highest BCUT2D eigenvalue weighted by molar-refractivity contribution is 6.00. The fourth-order valence-electron chi connectivity index (χ4n) is 3.49. The Morgan fingerprint density at radius 2 is 1.77 bits per heavy atom. The van der Waals surface area contributed by atoms with Gasteiger partial charge in [-0.25, -0.2) is 10.3 Å². The molecular formula is C26H28N2O7. The Balaban J connectivity index is 1.87. The van der Waals surface area contributed by atoms with E-state index in [0.29, 0.717) is 17.0 Å². The number of nitrogens with one attached hydrogen (secondary N) is 2. The molecule has 0 saturated heterocycles. The van der Waals surface area contributed by atoms with Crippen molar-refractivity contribution < 1.29 is 34.1 Å². The Morgan fingerprint density at radius 3 is 2.49 bits per heavy atom. The molecule has 0 aliphatic rings. The van der Waals surface area contributed by atoms with E-state index in [0.717, 1.165) is 16.8 Å². The van der Waals surface area contributed by atoms with Crippen LogP contribution >= 0.6 is 0 Å². The number of rotatable bonds is 11.